The summed E-state index contributed by atoms with van der Waals surface area (Å²) in [5, 5.41) is 14.9. The number of ether oxygens (including phenoxy) is 4. The van der Waals surface area contributed by atoms with Crippen LogP contribution < -0.4 is 31.8 Å². The van der Waals surface area contributed by atoms with E-state index in [9.17, 15) is 24.3 Å². The third-order valence-corrected chi connectivity index (χ3v) is 10.5. The van der Waals surface area contributed by atoms with Gasteiger partial charge in [0.05, 0.1) is 35.1 Å². The maximum Gasteiger partial charge on any atom is 0.410 e. The minimum absolute atomic E-state index is 0.0262. The number of cyclic esters (lactones) is 1. The van der Waals surface area contributed by atoms with E-state index in [1.807, 2.05) is 13.0 Å². The summed E-state index contributed by atoms with van der Waals surface area (Å²) in [7, 11) is 0. The van der Waals surface area contributed by atoms with Crippen LogP contribution in [0, 0.1) is 0 Å². The Morgan fingerprint density at radius 1 is 1.07 bits per heavy atom. The SMILES string of the molecule is CCN(CCc1c2c(nc3cc4c(cc13)OCO4)-c1cc3c(c(=O)n1C2)COC(=O)[C@]3(O)CC)C(=O)OCc1ccc(NC(=O)[C@@H](N)CCCCN)cc1. The number of aliphatic hydroxyl groups is 1. The number of benzene rings is 2. The van der Waals surface area contributed by atoms with Crippen LogP contribution in [0.25, 0.3) is 22.3 Å². The molecule has 0 aliphatic carbocycles. The van der Waals surface area contributed by atoms with Crippen LogP contribution >= 0.6 is 0 Å². The summed E-state index contributed by atoms with van der Waals surface area (Å²) in [5.74, 6) is 0.0518. The van der Waals surface area contributed by atoms with Gasteiger partial charge in [0.1, 0.15) is 13.2 Å². The third kappa shape index (κ3) is 6.74. The van der Waals surface area contributed by atoms with Crippen LogP contribution in [0.5, 0.6) is 11.5 Å². The Balaban J connectivity index is 1.10. The number of hydrogen-bond donors (Lipinski definition) is 4. The average molecular weight is 741 g/mol. The van der Waals surface area contributed by atoms with Gasteiger partial charge >= 0.3 is 12.1 Å². The van der Waals surface area contributed by atoms with Crippen LogP contribution in [0.15, 0.2) is 47.3 Å². The third-order valence-electron chi connectivity index (χ3n) is 10.5. The number of rotatable bonds is 13. The van der Waals surface area contributed by atoms with Gasteiger partial charge in [-0.1, -0.05) is 25.5 Å². The first-order valence-corrected chi connectivity index (χ1v) is 18.3. The molecule has 15 heteroatoms. The van der Waals surface area contributed by atoms with E-state index in [1.54, 1.807) is 52.8 Å². The summed E-state index contributed by atoms with van der Waals surface area (Å²) in [6.45, 7) is 4.84. The van der Waals surface area contributed by atoms with Crippen molar-refractivity contribution in [3.8, 4) is 22.9 Å². The number of carbonyl (C=O) groups excluding carboxylic acids is 3. The number of esters is 1. The molecule has 2 atom stereocenters. The Morgan fingerprint density at radius 3 is 2.56 bits per heavy atom. The van der Waals surface area contributed by atoms with Crippen molar-refractivity contribution in [3.63, 3.8) is 0 Å². The minimum atomic E-state index is -1.95. The number of fused-ring (bicyclic) bond motifs is 6. The predicted octanol–water partition coefficient (Wildman–Crippen LogP) is 3.40. The minimum Gasteiger partial charge on any atom is -0.458 e. The lowest BCUT2D eigenvalue weighted by atomic mass is 9.86. The zero-order valence-corrected chi connectivity index (χ0v) is 30.3. The molecule has 5 heterocycles. The number of nitrogens with one attached hydrogen (secondary N) is 1. The number of carbonyl (C=O) groups is 3. The molecule has 2 amide bonds. The first kappa shape index (κ1) is 36.8. The Kier molecular flexibility index (Phi) is 10.3. The van der Waals surface area contributed by atoms with E-state index < -0.39 is 23.7 Å². The predicted molar refractivity (Wildman–Crippen MR) is 198 cm³/mol. The van der Waals surface area contributed by atoms with Crippen molar-refractivity contribution in [1.82, 2.24) is 14.5 Å². The molecule has 2 aromatic heterocycles. The number of amides is 2. The maximum atomic E-state index is 13.9. The maximum absolute atomic E-state index is 13.9. The van der Waals surface area contributed by atoms with Crippen molar-refractivity contribution in [2.75, 3.05) is 31.7 Å². The molecule has 6 N–H and O–H groups in total. The number of nitrogens with two attached hydrogens (primary N) is 2. The highest BCUT2D eigenvalue weighted by Crippen LogP contribution is 2.43. The van der Waals surface area contributed by atoms with E-state index in [0.717, 1.165) is 34.9 Å². The van der Waals surface area contributed by atoms with Gasteiger partial charge in [-0.15, -0.1) is 0 Å². The Bertz CT molecular complexity index is 2190. The Morgan fingerprint density at radius 2 is 1.83 bits per heavy atom. The fourth-order valence-electron chi connectivity index (χ4n) is 7.26. The molecule has 0 unspecified atom stereocenters. The standard InChI is InChI=1S/C39H44N6O9/c1-3-39(50)28-16-31-34-26(18-45(31)36(47)27(28)20-51-37(39)48)24(25-15-32-33(54-21-53-32)17-30(25)43-34)12-14-44(4-2)38(49)52-19-22-8-10-23(11-9-22)42-35(46)29(41)7-5-6-13-40/h8-11,15-17,29,50H,3-7,12-14,18-21,40-41H2,1-2H3,(H,42,46)/t29-,39-/m0/s1. The van der Waals surface area contributed by atoms with Gasteiger partial charge < -0.3 is 50.3 Å². The number of nitrogens with zero attached hydrogens (tertiary/aromatic N) is 3. The molecule has 7 rings (SSSR count). The molecular formula is C39H44N6O9. The van der Waals surface area contributed by atoms with Crippen LogP contribution in [0.3, 0.4) is 0 Å². The molecular weight excluding hydrogens is 696 g/mol. The fraction of sp³-hybridized carbons (Fsp3) is 0.410. The van der Waals surface area contributed by atoms with E-state index in [4.69, 9.17) is 35.4 Å². The second-order valence-electron chi connectivity index (χ2n) is 13.7. The van der Waals surface area contributed by atoms with Gasteiger partial charge in [0, 0.05) is 41.4 Å². The summed E-state index contributed by atoms with van der Waals surface area (Å²) in [6.07, 6.45) is 2.07. The van der Waals surface area contributed by atoms with Crippen LogP contribution in [0.2, 0.25) is 0 Å². The molecule has 284 valence electrons. The zero-order chi connectivity index (χ0) is 38.1. The molecule has 0 saturated carbocycles. The molecule has 54 heavy (non-hydrogen) atoms. The molecule has 0 radical (unpaired) electrons. The van der Waals surface area contributed by atoms with Gasteiger partial charge in [-0.2, -0.15) is 0 Å². The number of unbranched alkanes of at least 4 members (excludes halogenated alkanes) is 1. The highest BCUT2D eigenvalue weighted by molar-refractivity contribution is 5.94. The molecule has 2 aromatic carbocycles. The zero-order valence-electron chi connectivity index (χ0n) is 30.3. The smallest absolute Gasteiger partial charge is 0.410 e. The van der Waals surface area contributed by atoms with Crippen LogP contribution in [0.1, 0.15) is 67.3 Å². The van der Waals surface area contributed by atoms with E-state index >= 15 is 0 Å². The van der Waals surface area contributed by atoms with Crippen molar-refractivity contribution in [3.05, 3.63) is 80.6 Å². The summed E-state index contributed by atoms with van der Waals surface area (Å²) < 4.78 is 23.9. The van der Waals surface area contributed by atoms with E-state index in [0.29, 0.717) is 66.6 Å². The summed E-state index contributed by atoms with van der Waals surface area (Å²) in [4.78, 5) is 58.9. The Labute approximate surface area is 311 Å². The number of likely N-dealkylation sites (N-methyl/N-ethyl adjacent to an activating group) is 1. The summed E-state index contributed by atoms with van der Waals surface area (Å²) in [6, 6.07) is 11.7. The quantitative estimate of drug-likeness (QED) is 0.101. The number of hydrogen-bond acceptors (Lipinski definition) is 12. The molecule has 0 fully saturated rings. The molecule has 0 bridgehead atoms. The van der Waals surface area contributed by atoms with E-state index in [-0.39, 0.29) is 55.6 Å². The van der Waals surface area contributed by atoms with Crippen molar-refractivity contribution in [1.29, 1.82) is 0 Å². The Hall–Kier alpha value is -5.51. The fourth-order valence-corrected chi connectivity index (χ4v) is 7.26. The molecule has 0 saturated heterocycles. The lowest BCUT2D eigenvalue weighted by molar-refractivity contribution is -0.172. The molecule has 15 nitrogen and oxygen atoms in total. The largest absolute Gasteiger partial charge is 0.458 e. The van der Waals surface area contributed by atoms with E-state index in [2.05, 4.69) is 5.32 Å². The van der Waals surface area contributed by atoms with Gasteiger partial charge in [0.2, 0.25) is 12.7 Å². The number of aromatic nitrogens is 2. The number of pyridine rings is 2. The second-order valence-corrected chi connectivity index (χ2v) is 13.7. The average Bonchev–Trinajstić information content (AvgIpc) is 3.79. The number of anilines is 1. The highest BCUT2D eigenvalue weighted by atomic mass is 16.7. The molecule has 4 aromatic rings. The monoisotopic (exact) mass is 740 g/mol. The summed E-state index contributed by atoms with van der Waals surface area (Å²) in [5.41, 5.74) is 14.3. The molecule has 3 aliphatic rings. The van der Waals surface area contributed by atoms with Crippen LogP contribution in [-0.2, 0) is 50.8 Å². The van der Waals surface area contributed by atoms with Gasteiger partial charge in [0.25, 0.3) is 5.56 Å². The van der Waals surface area contributed by atoms with Crippen LogP contribution in [0.4, 0.5) is 10.5 Å². The van der Waals surface area contributed by atoms with Gasteiger partial charge in [-0.3, -0.25) is 9.59 Å². The van der Waals surface area contributed by atoms with Gasteiger partial charge in [-0.05, 0) is 74.5 Å². The van der Waals surface area contributed by atoms with Crippen molar-refractivity contribution in [2.24, 2.45) is 11.5 Å². The van der Waals surface area contributed by atoms with Crippen molar-refractivity contribution >= 4 is 34.6 Å². The van der Waals surface area contributed by atoms with Crippen molar-refractivity contribution in [2.45, 2.75) is 77.4 Å². The second kappa shape index (κ2) is 15.1. The molecule has 0 spiro atoms. The lowest BCUT2D eigenvalue weighted by Crippen LogP contribution is -2.44. The topological polar surface area (TPSA) is 211 Å². The van der Waals surface area contributed by atoms with E-state index in [1.165, 1.54) is 0 Å². The molecule has 3 aliphatic heterocycles. The normalized spacial score (nSPS) is 17.0. The highest BCUT2D eigenvalue weighted by Gasteiger charge is 2.45. The lowest BCUT2D eigenvalue weighted by Gasteiger charge is -2.31. The van der Waals surface area contributed by atoms with Gasteiger partial charge in [-0.25, -0.2) is 14.6 Å². The van der Waals surface area contributed by atoms with Crippen molar-refractivity contribution < 1.29 is 38.4 Å². The summed E-state index contributed by atoms with van der Waals surface area (Å²) >= 11 is 0. The first-order valence-electron chi connectivity index (χ1n) is 18.3. The first-order chi connectivity index (χ1) is 26.1. The van der Waals surface area contributed by atoms with Crippen LogP contribution in [-0.4, -0.2) is 70.0 Å². The van der Waals surface area contributed by atoms with Gasteiger partial charge in [0.15, 0.2) is 17.1 Å².